The smallest absolute Gasteiger partial charge is 0.306 e. The van der Waals surface area contributed by atoms with Gasteiger partial charge in [-0.1, -0.05) is 70.0 Å². The summed E-state index contributed by atoms with van der Waals surface area (Å²) in [6, 6.07) is 37.9. The minimum absolute atomic E-state index is 0.0284. The van der Waals surface area contributed by atoms with Crippen LogP contribution in [0.2, 0.25) is 0 Å². The van der Waals surface area contributed by atoms with Crippen molar-refractivity contribution < 1.29 is 37.3 Å². The number of hydrogen-bond acceptors (Lipinski definition) is 13. The van der Waals surface area contributed by atoms with Gasteiger partial charge in [-0.05, 0) is 156 Å². The maximum absolute atomic E-state index is 13.7. The summed E-state index contributed by atoms with van der Waals surface area (Å²) in [7, 11) is 0. The predicted molar refractivity (Wildman–Crippen MR) is 298 cm³/mol. The standard InChI is InChI=1S/C33H33FN4O4.C29H25FN4O4/c1-21-9-11-22(12-10-21)19-28-36-31(42-37-28)23-13-18-26-27(20-23)35-29(7-5-6-8-30(39)41-33(2,3)4)38(32(26)40)25-16-14-24(34)15-17-25;1-18-6-8-19(9-7-18)16-25-32-28(38-33-25)20-10-15-23-24(17-20)31-26(4-2-3-5-27(35)36)34(29(23)37)22-13-11-21(30)12-14-22/h9-18,20H,5-8,19H2,1-4H3;6-15,17H,2-5,16H2,1H3,(H,35,36). The highest BCUT2D eigenvalue weighted by Gasteiger charge is 2.20. The number of nitrogens with zero attached hydrogens (tertiary/aromatic N) is 8. The highest BCUT2D eigenvalue weighted by molar-refractivity contribution is 5.83. The zero-order chi connectivity index (χ0) is 56.5. The maximum atomic E-state index is 13.7. The second kappa shape index (κ2) is 24.6. The molecule has 6 aromatic carbocycles. The zero-order valence-electron chi connectivity index (χ0n) is 44.9. The molecule has 0 amide bonds. The lowest BCUT2D eigenvalue weighted by atomic mass is 10.1. The minimum atomic E-state index is -0.877. The fourth-order valence-electron chi connectivity index (χ4n) is 8.95. The number of esters is 1. The lowest BCUT2D eigenvalue weighted by Gasteiger charge is -2.19. The van der Waals surface area contributed by atoms with Crippen molar-refractivity contribution in [3.8, 4) is 34.3 Å². The van der Waals surface area contributed by atoms with Crippen molar-refractivity contribution >= 4 is 33.7 Å². The van der Waals surface area contributed by atoms with Crippen LogP contribution in [0.15, 0.2) is 152 Å². The quantitative estimate of drug-likeness (QED) is 0.0626. The molecule has 0 saturated carbocycles. The molecule has 0 saturated heterocycles. The summed E-state index contributed by atoms with van der Waals surface area (Å²) >= 11 is 0. The number of carbonyl (C=O) groups excluding carboxylic acids is 1. The summed E-state index contributed by atoms with van der Waals surface area (Å²) < 4.78 is 46.6. The third-order valence-electron chi connectivity index (χ3n) is 12.9. The largest absolute Gasteiger partial charge is 0.481 e. The van der Waals surface area contributed by atoms with E-state index in [0.29, 0.717) is 131 Å². The van der Waals surface area contributed by atoms with Gasteiger partial charge in [-0.3, -0.25) is 28.3 Å². The van der Waals surface area contributed by atoms with Gasteiger partial charge in [0.05, 0.1) is 33.2 Å². The molecule has 10 aromatic rings. The Labute approximate surface area is 458 Å². The molecule has 4 aromatic heterocycles. The zero-order valence-corrected chi connectivity index (χ0v) is 44.9. The van der Waals surface area contributed by atoms with Crippen molar-refractivity contribution in [3.63, 3.8) is 0 Å². The van der Waals surface area contributed by atoms with Gasteiger partial charge in [0.15, 0.2) is 11.6 Å². The Kier molecular flexibility index (Phi) is 17.0. The first-order valence-electron chi connectivity index (χ1n) is 26.3. The molecule has 4 heterocycles. The number of carboxylic acid groups (broad SMARTS) is 1. The Hall–Kier alpha value is -9.32. The van der Waals surface area contributed by atoms with Crippen molar-refractivity contribution in [2.75, 3.05) is 0 Å². The van der Waals surface area contributed by atoms with Crippen LogP contribution in [0.1, 0.15) is 105 Å². The molecule has 0 aliphatic rings. The van der Waals surface area contributed by atoms with Crippen molar-refractivity contribution in [1.29, 1.82) is 0 Å². The number of aliphatic carboxylic acids is 1. The van der Waals surface area contributed by atoms with Crippen LogP contribution in [-0.2, 0) is 40.0 Å². The second-order valence-corrected chi connectivity index (χ2v) is 20.5. The number of carboxylic acids is 1. The van der Waals surface area contributed by atoms with Gasteiger partial charge in [0.2, 0.25) is 0 Å². The molecule has 0 bridgehead atoms. The van der Waals surface area contributed by atoms with E-state index >= 15 is 0 Å². The fourth-order valence-corrected chi connectivity index (χ4v) is 8.95. The average Bonchev–Trinajstić information content (AvgIpc) is 4.21. The van der Waals surface area contributed by atoms with E-state index in [2.05, 4.69) is 20.3 Å². The van der Waals surface area contributed by atoms with Gasteiger partial charge in [-0.25, -0.2) is 18.7 Å². The van der Waals surface area contributed by atoms with Crippen LogP contribution in [0, 0.1) is 25.5 Å². The van der Waals surface area contributed by atoms with Gasteiger partial charge in [-0.2, -0.15) is 9.97 Å². The number of halogens is 2. The van der Waals surface area contributed by atoms with Crippen molar-refractivity contribution in [2.24, 2.45) is 0 Å². The number of aryl methyl sites for hydroxylation is 4. The van der Waals surface area contributed by atoms with Crippen molar-refractivity contribution in [3.05, 3.63) is 211 Å². The number of fused-ring (bicyclic) bond motifs is 2. The van der Waals surface area contributed by atoms with E-state index in [1.165, 1.54) is 56.7 Å². The van der Waals surface area contributed by atoms with Gasteiger partial charge in [0.1, 0.15) is 28.9 Å². The van der Waals surface area contributed by atoms with E-state index in [9.17, 15) is 28.0 Å². The Balaban J connectivity index is 0.000000195. The summed E-state index contributed by atoms with van der Waals surface area (Å²) in [5.41, 5.74) is 6.59. The van der Waals surface area contributed by atoms with Crippen molar-refractivity contribution in [2.45, 2.75) is 104 Å². The monoisotopic (exact) mass is 1080 g/mol. The lowest BCUT2D eigenvalue weighted by Crippen LogP contribution is -2.24. The third-order valence-corrected chi connectivity index (χ3v) is 12.9. The van der Waals surface area contributed by atoms with E-state index < -0.39 is 23.2 Å². The summed E-state index contributed by atoms with van der Waals surface area (Å²) in [5.74, 6) is 0.767. The Morgan fingerprint density at radius 1 is 0.550 bits per heavy atom. The van der Waals surface area contributed by atoms with Gasteiger partial charge in [-0.15, -0.1) is 0 Å². The molecule has 10 rings (SSSR count). The van der Waals surface area contributed by atoms with E-state index in [4.69, 9.17) is 28.9 Å². The van der Waals surface area contributed by atoms with Gasteiger partial charge in [0, 0.05) is 49.7 Å². The number of carbonyl (C=O) groups is 2. The second-order valence-electron chi connectivity index (χ2n) is 20.5. The number of unbranched alkanes of at least 4 members (excludes halogenated alkanes) is 2. The molecule has 0 fully saturated rings. The Bertz CT molecular complexity index is 3940. The number of aromatic nitrogens is 8. The van der Waals surface area contributed by atoms with E-state index in [-0.39, 0.29) is 29.9 Å². The van der Waals surface area contributed by atoms with Crippen molar-refractivity contribution in [1.82, 2.24) is 39.4 Å². The van der Waals surface area contributed by atoms with Gasteiger partial charge in [0.25, 0.3) is 22.9 Å². The molecule has 80 heavy (non-hydrogen) atoms. The van der Waals surface area contributed by atoms with E-state index in [0.717, 1.165) is 11.1 Å². The first kappa shape index (κ1) is 55.4. The van der Waals surface area contributed by atoms with Crippen LogP contribution in [0.25, 0.3) is 56.1 Å². The Morgan fingerprint density at radius 2 is 0.963 bits per heavy atom. The molecule has 0 aliphatic heterocycles. The van der Waals surface area contributed by atoms with Crippen LogP contribution < -0.4 is 11.1 Å². The molecule has 0 atom stereocenters. The van der Waals surface area contributed by atoms with E-state index in [1.54, 1.807) is 48.5 Å². The highest BCUT2D eigenvalue weighted by Crippen LogP contribution is 2.26. The number of ether oxygens (including phenoxy) is 1. The molecule has 0 spiro atoms. The SMILES string of the molecule is Cc1ccc(Cc2noc(-c3ccc4c(=O)n(-c5ccc(F)cc5)c(CCCCC(=O)O)nc4c3)n2)cc1.Cc1ccc(Cc2noc(-c3ccc4c(=O)n(-c5ccc(F)cc5)c(CCCCC(=O)OC(C)(C)C)nc4c3)n2)cc1. The lowest BCUT2D eigenvalue weighted by molar-refractivity contribution is -0.155. The van der Waals surface area contributed by atoms with Crippen LogP contribution in [-0.4, -0.2) is 62.0 Å². The summed E-state index contributed by atoms with van der Waals surface area (Å²) in [6.45, 7) is 9.56. The summed E-state index contributed by atoms with van der Waals surface area (Å²) in [6.07, 6.45) is 4.29. The Morgan fingerprint density at radius 3 is 1.36 bits per heavy atom. The van der Waals surface area contributed by atoms with Crippen LogP contribution in [0.5, 0.6) is 0 Å². The van der Waals surface area contributed by atoms with E-state index in [1.807, 2.05) is 83.1 Å². The maximum Gasteiger partial charge on any atom is 0.306 e. The summed E-state index contributed by atoms with van der Waals surface area (Å²) in [4.78, 5) is 69.0. The molecular weight excluding hydrogens is 1020 g/mol. The minimum Gasteiger partial charge on any atom is -0.481 e. The highest BCUT2D eigenvalue weighted by atomic mass is 19.1. The first-order valence-corrected chi connectivity index (χ1v) is 26.3. The molecule has 16 nitrogen and oxygen atoms in total. The van der Waals surface area contributed by atoms with Gasteiger partial charge >= 0.3 is 11.9 Å². The average molecular weight is 1080 g/mol. The summed E-state index contributed by atoms with van der Waals surface area (Å²) in [5, 5.41) is 18.0. The van der Waals surface area contributed by atoms with Crippen LogP contribution in [0.3, 0.4) is 0 Å². The normalized spacial score (nSPS) is 11.4. The molecule has 408 valence electrons. The molecule has 0 unspecified atom stereocenters. The molecular formula is C62H58F2N8O8. The molecule has 18 heteroatoms. The third kappa shape index (κ3) is 14.0. The topological polar surface area (TPSA) is 211 Å². The van der Waals surface area contributed by atoms with Gasteiger partial charge < -0.3 is 18.9 Å². The molecule has 0 radical (unpaired) electrons. The number of rotatable bonds is 18. The van der Waals surface area contributed by atoms with Crippen LogP contribution in [0.4, 0.5) is 8.78 Å². The first-order chi connectivity index (χ1) is 38.4. The molecule has 0 aliphatic carbocycles. The van der Waals surface area contributed by atoms with Crippen LogP contribution >= 0.6 is 0 Å². The number of hydrogen-bond donors (Lipinski definition) is 1. The fraction of sp³-hybridized carbons (Fsp3) is 0.258. The molecule has 1 N–H and O–H groups in total. The predicted octanol–water partition coefficient (Wildman–Crippen LogP) is 11.8. The number of benzene rings is 6.